The molecule has 3 nitrogen and oxygen atoms in total. The molecule has 1 heterocycles. The Bertz CT molecular complexity index is 376. The molecule has 0 saturated carbocycles. The fraction of sp³-hybridized carbons (Fsp3) is 0.500. The second-order valence-corrected chi connectivity index (χ2v) is 3.92. The predicted octanol–water partition coefficient (Wildman–Crippen LogP) is 1.92. The molecule has 0 radical (unpaired) electrons. The predicted molar refractivity (Wildman–Crippen MR) is 59.7 cm³/mol. The molecule has 1 N–H and O–H groups in total. The summed E-state index contributed by atoms with van der Waals surface area (Å²) in [6, 6.07) is 3.14. The third-order valence-corrected chi connectivity index (χ3v) is 3.00. The minimum Gasteiger partial charge on any atom is -0.493 e. The molecule has 1 aromatic rings. The lowest BCUT2D eigenvalue weighted by Gasteiger charge is -2.14. The molecule has 1 aliphatic heterocycles. The molecule has 0 bridgehead atoms. The molecule has 1 aromatic carbocycles. The molecule has 0 amide bonds. The smallest absolute Gasteiger partial charge is 0.163 e. The van der Waals surface area contributed by atoms with Crippen molar-refractivity contribution in [1.29, 1.82) is 0 Å². The van der Waals surface area contributed by atoms with E-state index < -0.39 is 0 Å². The molecule has 4 heteroatoms. The van der Waals surface area contributed by atoms with Gasteiger partial charge in [0.1, 0.15) is 5.82 Å². The highest BCUT2D eigenvalue weighted by Crippen LogP contribution is 2.34. The maximum atomic E-state index is 13.8. The van der Waals surface area contributed by atoms with Gasteiger partial charge in [-0.1, -0.05) is 0 Å². The van der Waals surface area contributed by atoms with Crippen LogP contribution in [0.4, 0.5) is 4.39 Å². The van der Waals surface area contributed by atoms with Crippen molar-refractivity contribution in [2.45, 2.75) is 12.3 Å². The zero-order chi connectivity index (χ0) is 11.5. The Labute approximate surface area is 94.6 Å². The number of benzene rings is 1. The zero-order valence-corrected chi connectivity index (χ0v) is 9.55. The minimum absolute atomic E-state index is 0.216. The Morgan fingerprint density at radius 2 is 1.94 bits per heavy atom. The second-order valence-electron chi connectivity index (χ2n) is 3.92. The summed E-state index contributed by atoms with van der Waals surface area (Å²) < 4.78 is 24.1. The standard InChI is InChI=1S/C12H16FNO2/c1-15-11-5-9(8-3-4-14-7-8)10(13)6-12(11)16-2/h5-6,8,14H,3-4,7H2,1-2H3. The average Bonchev–Trinajstić information content (AvgIpc) is 2.82. The molecule has 2 rings (SSSR count). The maximum absolute atomic E-state index is 13.8. The first-order chi connectivity index (χ1) is 7.76. The fourth-order valence-corrected chi connectivity index (χ4v) is 2.10. The number of nitrogens with one attached hydrogen (secondary N) is 1. The van der Waals surface area contributed by atoms with Crippen LogP contribution in [0.25, 0.3) is 0 Å². The highest BCUT2D eigenvalue weighted by atomic mass is 19.1. The van der Waals surface area contributed by atoms with E-state index in [0.717, 1.165) is 19.5 Å². The van der Waals surface area contributed by atoms with Gasteiger partial charge in [0.25, 0.3) is 0 Å². The van der Waals surface area contributed by atoms with Crippen LogP contribution in [-0.4, -0.2) is 27.3 Å². The van der Waals surface area contributed by atoms with Gasteiger partial charge in [0.2, 0.25) is 0 Å². The van der Waals surface area contributed by atoms with Gasteiger partial charge < -0.3 is 14.8 Å². The van der Waals surface area contributed by atoms with Gasteiger partial charge in [-0.3, -0.25) is 0 Å². The molecule has 88 valence electrons. The normalized spacial score (nSPS) is 19.8. The van der Waals surface area contributed by atoms with Gasteiger partial charge in [0, 0.05) is 18.5 Å². The Morgan fingerprint density at radius 1 is 1.25 bits per heavy atom. The highest BCUT2D eigenvalue weighted by molar-refractivity contribution is 5.45. The van der Waals surface area contributed by atoms with Gasteiger partial charge in [-0.15, -0.1) is 0 Å². The van der Waals surface area contributed by atoms with Crippen LogP contribution in [0.15, 0.2) is 12.1 Å². The van der Waals surface area contributed by atoms with Crippen LogP contribution in [0, 0.1) is 5.82 Å². The number of methoxy groups -OCH3 is 2. The molecule has 1 saturated heterocycles. The molecule has 16 heavy (non-hydrogen) atoms. The second kappa shape index (κ2) is 4.70. The number of halogens is 1. The first kappa shape index (κ1) is 11.2. The molecule has 1 fully saturated rings. The van der Waals surface area contributed by atoms with E-state index in [2.05, 4.69) is 5.32 Å². The molecule has 0 spiro atoms. The summed E-state index contributed by atoms with van der Waals surface area (Å²) in [5, 5.41) is 3.23. The van der Waals surface area contributed by atoms with E-state index in [0.29, 0.717) is 17.1 Å². The summed E-state index contributed by atoms with van der Waals surface area (Å²) in [5.74, 6) is 1.05. The first-order valence-corrected chi connectivity index (χ1v) is 5.38. The van der Waals surface area contributed by atoms with E-state index in [9.17, 15) is 4.39 Å². The van der Waals surface area contributed by atoms with E-state index in [1.54, 1.807) is 13.2 Å². The Kier molecular flexibility index (Phi) is 3.29. The van der Waals surface area contributed by atoms with Gasteiger partial charge in [-0.25, -0.2) is 4.39 Å². The van der Waals surface area contributed by atoms with Gasteiger partial charge in [0.05, 0.1) is 14.2 Å². The number of hydrogen-bond acceptors (Lipinski definition) is 3. The lowest BCUT2D eigenvalue weighted by atomic mass is 9.97. The number of rotatable bonds is 3. The number of ether oxygens (including phenoxy) is 2. The molecule has 1 aliphatic rings. The summed E-state index contributed by atoms with van der Waals surface area (Å²) in [5.41, 5.74) is 0.711. The SMILES string of the molecule is COc1cc(F)c(C2CCNC2)cc1OC. The summed E-state index contributed by atoms with van der Waals surface area (Å²) in [6.45, 7) is 1.77. The lowest BCUT2D eigenvalue weighted by Crippen LogP contribution is -2.09. The van der Waals surface area contributed by atoms with Crippen molar-refractivity contribution in [3.05, 3.63) is 23.5 Å². The van der Waals surface area contributed by atoms with E-state index >= 15 is 0 Å². The van der Waals surface area contributed by atoms with Crippen molar-refractivity contribution in [1.82, 2.24) is 5.32 Å². The average molecular weight is 225 g/mol. The van der Waals surface area contributed by atoms with Crippen LogP contribution >= 0.6 is 0 Å². The van der Waals surface area contributed by atoms with Gasteiger partial charge in [-0.2, -0.15) is 0 Å². The maximum Gasteiger partial charge on any atom is 0.163 e. The van der Waals surface area contributed by atoms with Crippen LogP contribution < -0.4 is 14.8 Å². The summed E-state index contributed by atoms with van der Waals surface area (Å²) >= 11 is 0. The van der Waals surface area contributed by atoms with E-state index in [-0.39, 0.29) is 11.7 Å². The lowest BCUT2D eigenvalue weighted by molar-refractivity contribution is 0.351. The van der Waals surface area contributed by atoms with Crippen LogP contribution in [0.5, 0.6) is 11.5 Å². The largest absolute Gasteiger partial charge is 0.493 e. The molecule has 0 aliphatic carbocycles. The Balaban J connectivity index is 2.37. The Hall–Kier alpha value is -1.29. The van der Waals surface area contributed by atoms with Gasteiger partial charge in [-0.05, 0) is 24.6 Å². The summed E-state index contributed by atoms with van der Waals surface area (Å²) in [4.78, 5) is 0. The third kappa shape index (κ3) is 1.97. The van der Waals surface area contributed by atoms with Crippen molar-refractivity contribution in [2.24, 2.45) is 0 Å². The van der Waals surface area contributed by atoms with Crippen LogP contribution in [0.3, 0.4) is 0 Å². The molecular formula is C12H16FNO2. The quantitative estimate of drug-likeness (QED) is 0.852. The van der Waals surface area contributed by atoms with Gasteiger partial charge >= 0.3 is 0 Å². The topological polar surface area (TPSA) is 30.5 Å². The van der Waals surface area contributed by atoms with E-state index in [4.69, 9.17) is 9.47 Å². The minimum atomic E-state index is -0.216. The third-order valence-electron chi connectivity index (χ3n) is 3.00. The zero-order valence-electron chi connectivity index (χ0n) is 9.55. The van der Waals surface area contributed by atoms with Crippen molar-refractivity contribution < 1.29 is 13.9 Å². The van der Waals surface area contributed by atoms with Crippen molar-refractivity contribution in [3.63, 3.8) is 0 Å². The fourth-order valence-electron chi connectivity index (χ4n) is 2.10. The van der Waals surface area contributed by atoms with Crippen LogP contribution in [0.2, 0.25) is 0 Å². The molecule has 0 aromatic heterocycles. The molecule has 1 atom stereocenters. The number of hydrogen-bond donors (Lipinski definition) is 1. The molecule has 1 unspecified atom stereocenters. The van der Waals surface area contributed by atoms with Gasteiger partial charge in [0.15, 0.2) is 11.5 Å². The van der Waals surface area contributed by atoms with E-state index in [1.165, 1.54) is 13.2 Å². The summed E-state index contributed by atoms with van der Waals surface area (Å²) in [7, 11) is 3.07. The van der Waals surface area contributed by atoms with Crippen molar-refractivity contribution in [2.75, 3.05) is 27.3 Å². The van der Waals surface area contributed by atoms with E-state index in [1.807, 2.05) is 0 Å². The van der Waals surface area contributed by atoms with Crippen molar-refractivity contribution >= 4 is 0 Å². The summed E-state index contributed by atoms with van der Waals surface area (Å²) in [6.07, 6.45) is 0.965. The van der Waals surface area contributed by atoms with Crippen LogP contribution in [0.1, 0.15) is 17.9 Å². The highest BCUT2D eigenvalue weighted by Gasteiger charge is 2.22. The molecular weight excluding hydrogens is 209 g/mol. The first-order valence-electron chi connectivity index (χ1n) is 5.38. The monoisotopic (exact) mass is 225 g/mol. The Morgan fingerprint density at radius 3 is 2.50 bits per heavy atom. The van der Waals surface area contributed by atoms with Crippen molar-refractivity contribution in [3.8, 4) is 11.5 Å². The van der Waals surface area contributed by atoms with Crippen LogP contribution in [-0.2, 0) is 0 Å².